The molecule has 2 amide bonds. The van der Waals surface area contributed by atoms with Crippen molar-refractivity contribution in [2.75, 3.05) is 26.3 Å². The van der Waals surface area contributed by atoms with E-state index in [-0.39, 0.29) is 29.4 Å². The number of nitrogens with zero attached hydrogens (tertiary/aromatic N) is 1. The van der Waals surface area contributed by atoms with E-state index in [1.807, 2.05) is 13.8 Å². The number of ether oxygens (including phenoxy) is 2. The Morgan fingerprint density at radius 2 is 1.71 bits per heavy atom. The van der Waals surface area contributed by atoms with Crippen LogP contribution < -0.4 is 14.8 Å². The number of hydrogen-bond donors (Lipinski definition) is 1. The van der Waals surface area contributed by atoms with Crippen LogP contribution in [0.4, 0.5) is 0 Å². The highest BCUT2D eigenvalue weighted by molar-refractivity contribution is 5.98. The molecule has 152 valence electrons. The topological polar surface area (TPSA) is 84.9 Å². The quantitative estimate of drug-likeness (QED) is 0.781. The van der Waals surface area contributed by atoms with Gasteiger partial charge in [0.05, 0.1) is 0 Å². The number of rotatable bonds is 5. The first-order valence-electron chi connectivity index (χ1n) is 9.86. The van der Waals surface area contributed by atoms with Crippen molar-refractivity contribution in [3.63, 3.8) is 0 Å². The van der Waals surface area contributed by atoms with Crippen LogP contribution in [0.15, 0.2) is 18.2 Å². The van der Waals surface area contributed by atoms with Crippen molar-refractivity contribution in [1.82, 2.24) is 10.2 Å². The van der Waals surface area contributed by atoms with Crippen molar-refractivity contribution in [3.05, 3.63) is 23.8 Å². The van der Waals surface area contributed by atoms with Crippen molar-refractivity contribution >= 4 is 17.6 Å². The maximum atomic E-state index is 12.9. The predicted octanol–water partition coefficient (Wildman–Crippen LogP) is 2.04. The maximum Gasteiger partial charge on any atom is 0.245 e. The van der Waals surface area contributed by atoms with E-state index in [1.165, 1.54) is 6.92 Å². The first-order valence-corrected chi connectivity index (χ1v) is 9.86. The van der Waals surface area contributed by atoms with Crippen molar-refractivity contribution in [2.24, 2.45) is 11.8 Å². The van der Waals surface area contributed by atoms with Gasteiger partial charge in [-0.1, -0.05) is 13.8 Å². The first-order chi connectivity index (χ1) is 13.4. The molecule has 7 nitrogen and oxygen atoms in total. The minimum atomic E-state index is -0.525. The minimum Gasteiger partial charge on any atom is -0.486 e. The molecule has 0 unspecified atom stereocenters. The second-order valence-corrected chi connectivity index (χ2v) is 7.74. The van der Waals surface area contributed by atoms with Crippen LogP contribution in [-0.4, -0.2) is 54.8 Å². The van der Waals surface area contributed by atoms with Gasteiger partial charge >= 0.3 is 0 Å². The fourth-order valence-electron chi connectivity index (χ4n) is 3.72. The molecular formula is C21H28N2O5. The van der Waals surface area contributed by atoms with Gasteiger partial charge in [-0.05, 0) is 37.0 Å². The molecule has 0 saturated carbocycles. The first kappa shape index (κ1) is 20.2. The summed E-state index contributed by atoms with van der Waals surface area (Å²) in [6.45, 7) is 7.28. The van der Waals surface area contributed by atoms with Gasteiger partial charge in [0.2, 0.25) is 11.8 Å². The fraction of sp³-hybridized carbons (Fsp3) is 0.571. The molecule has 1 saturated heterocycles. The molecule has 1 aromatic rings. The number of carbonyl (C=O) groups is 3. The molecule has 1 N–H and O–H groups in total. The van der Waals surface area contributed by atoms with E-state index in [9.17, 15) is 14.4 Å². The molecule has 2 aliphatic rings. The Balaban J connectivity index is 1.61. The lowest BCUT2D eigenvalue weighted by molar-refractivity contribution is -0.138. The maximum absolute atomic E-state index is 12.9. The van der Waals surface area contributed by atoms with Gasteiger partial charge in [-0.2, -0.15) is 0 Å². The summed E-state index contributed by atoms with van der Waals surface area (Å²) in [7, 11) is 0. The number of nitrogens with one attached hydrogen (secondary N) is 1. The van der Waals surface area contributed by atoms with Crippen LogP contribution in [0.25, 0.3) is 0 Å². The van der Waals surface area contributed by atoms with Crippen molar-refractivity contribution in [1.29, 1.82) is 0 Å². The summed E-state index contributed by atoms with van der Waals surface area (Å²) in [6.07, 6.45) is 1.23. The van der Waals surface area contributed by atoms with Crippen molar-refractivity contribution in [2.45, 2.75) is 39.7 Å². The molecule has 0 aliphatic carbocycles. The fourth-order valence-corrected chi connectivity index (χ4v) is 3.72. The van der Waals surface area contributed by atoms with Gasteiger partial charge in [0, 0.05) is 31.5 Å². The molecule has 0 radical (unpaired) electrons. The van der Waals surface area contributed by atoms with Crippen molar-refractivity contribution in [3.8, 4) is 11.5 Å². The second kappa shape index (κ2) is 8.63. The van der Waals surface area contributed by atoms with Gasteiger partial charge in [0.25, 0.3) is 0 Å². The third kappa shape index (κ3) is 4.46. The number of benzene rings is 1. The average molecular weight is 388 g/mol. The number of fused-ring (bicyclic) bond motifs is 1. The van der Waals surface area contributed by atoms with Crippen LogP contribution in [0, 0.1) is 11.8 Å². The highest BCUT2D eigenvalue weighted by Crippen LogP contribution is 2.32. The van der Waals surface area contributed by atoms with Crippen LogP contribution in [0.5, 0.6) is 11.5 Å². The molecule has 1 aromatic carbocycles. The van der Waals surface area contributed by atoms with Crippen molar-refractivity contribution < 1.29 is 23.9 Å². The van der Waals surface area contributed by atoms with Crippen LogP contribution in [0.1, 0.15) is 44.0 Å². The van der Waals surface area contributed by atoms with Gasteiger partial charge in [-0.3, -0.25) is 14.4 Å². The Bertz CT molecular complexity index is 753. The molecule has 7 heteroatoms. The van der Waals surface area contributed by atoms with E-state index in [0.717, 1.165) is 0 Å². The van der Waals surface area contributed by atoms with E-state index < -0.39 is 6.04 Å². The van der Waals surface area contributed by atoms with Crippen LogP contribution in [-0.2, 0) is 9.59 Å². The Kier molecular flexibility index (Phi) is 6.21. The number of hydrogen-bond acceptors (Lipinski definition) is 5. The lowest BCUT2D eigenvalue weighted by atomic mass is 9.88. The van der Waals surface area contributed by atoms with Gasteiger partial charge in [-0.25, -0.2) is 0 Å². The number of piperidine rings is 1. The van der Waals surface area contributed by atoms with Gasteiger partial charge in [0.15, 0.2) is 17.3 Å². The largest absolute Gasteiger partial charge is 0.486 e. The van der Waals surface area contributed by atoms with Crippen LogP contribution in [0.2, 0.25) is 0 Å². The summed E-state index contributed by atoms with van der Waals surface area (Å²) >= 11 is 0. The molecular weight excluding hydrogens is 360 g/mol. The number of amides is 2. The van der Waals surface area contributed by atoms with E-state index in [0.29, 0.717) is 56.2 Å². The molecule has 1 fully saturated rings. The Morgan fingerprint density at radius 3 is 2.32 bits per heavy atom. The molecule has 2 aliphatic heterocycles. The molecule has 28 heavy (non-hydrogen) atoms. The number of likely N-dealkylation sites (tertiary alicyclic amines) is 1. The van der Waals surface area contributed by atoms with E-state index in [2.05, 4.69) is 5.32 Å². The number of Topliss-reactive ketones (excluding diaryl/α,β-unsaturated/α-hetero) is 1. The van der Waals surface area contributed by atoms with Crippen LogP contribution in [0.3, 0.4) is 0 Å². The monoisotopic (exact) mass is 388 g/mol. The van der Waals surface area contributed by atoms with Gasteiger partial charge in [-0.15, -0.1) is 0 Å². The SMILES string of the molecule is CC(=O)N[C@@H](C(=O)N1CCC(C(=O)c2ccc3c(c2)OCCO3)CC1)C(C)C. The molecule has 2 heterocycles. The van der Waals surface area contributed by atoms with Gasteiger partial charge < -0.3 is 19.7 Å². The van der Waals surface area contributed by atoms with Crippen LogP contribution >= 0.6 is 0 Å². The highest BCUT2D eigenvalue weighted by Gasteiger charge is 2.33. The summed E-state index contributed by atoms with van der Waals surface area (Å²) in [5.74, 6) is 0.955. The smallest absolute Gasteiger partial charge is 0.245 e. The highest BCUT2D eigenvalue weighted by atomic mass is 16.6. The van der Waals surface area contributed by atoms with E-state index in [4.69, 9.17) is 9.47 Å². The molecule has 0 spiro atoms. The van der Waals surface area contributed by atoms with E-state index >= 15 is 0 Å². The predicted molar refractivity (Wildman–Crippen MR) is 104 cm³/mol. The van der Waals surface area contributed by atoms with E-state index in [1.54, 1.807) is 23.1 Å². The standard InChI is InChI=1S/C21H28N2O5/c1-13(2)19(22-14(3)24)21(26)23-8-6-15(7-9-23)20(25)16-4-5-17-18(12-16)28-11-10-27-17/h4-5,12-13,15,19H,6-11H2,1-3H3,(H,22,24)/t19-/m1/s1. The lowest BCUT2D eigenvalue weighted by Crippen LogP contribution is -2.52. The third-order valence-electron chi connectivity index (χ3n) is 5.30. The minimum absolute atomic E-state index is 0.00784. The normalized spacial score (nSPS) is 17.9. The zero-order valence-corrected chi connectivity index (χ0v) is 16.7. The molecule has 3 rings (SSSR count). The lowest BCUT2D eigenvalue weighted by Gasteiger charge is -2.35. The summed E-state index contributed by atoms with van der Waals surface area (Å²) in [4.78, 5) is 38.8. The number of ketones is 1. The third-order valence-corrected chi connectivity index (χ3v) is 5.30. The summed E-state index contributed by atoms with van der Waals surface area (Å²) < 4.78 is 11.1. The Hall–Kier alpha value is -2.57. The zero-order chi connectivity index (χ0) is 20.3. The molecule has 0 bridgehead atoms. The van der Waals surface area contributed by atoms with Gasteiger partial charge in [0.1, 0.15) is 19.3 Å². The zero-order valence-electron chi connectivity index (χ0n) is 16.7. The Morgan fingerprint density at radius 1 is 1.07 bits per heavy atom. The molecule has 0 aromatic heterocycles. The second-order valence-electron chi connectivity index (χ2n) is 7.74. The summed E-state index contributed by atoms with van der Waals surface area (Å²) in [5, 5.41) is 2.74. The molecule has 1 atom stereocenters. The Labute approximate surface area is 165 Å². The summed E-state index contributed by atoms with van der Waals surface area (Å²) in [6, 6.07) is 4.78. The number of carbonyl (C=O) groups excluding carboxylic acids is 3. The average Bonchev–Trinajstić information content (AvgIpc) is 2.70. The summed E-state index contributed by atoms with van der Waals surface area (Å²) in [5.41, 5.74) is 0.618.